The van der Waals surface area contributed by atoms with Crippen molar-refractivity contribution in [2.75, 3.05) is 0 Å². The van der Waals surface area contributed by atoms with Crippen LogP contribution >= 0.6 is 0 Å². The zero-order valence-corrected chi connectivity index (χ0v) is 10.3. The van der Waals surface area contributed by atoms with E-state index in [1.165, 1.54) is 22.2 Å². The zero-order valence-electron chi connectivity index (χ0n) is 10.3. The molecule has 1 nitrogen and oxygen atoms in total. The number of nitrogens with zero attached hydrogens (tertiary/aromatic N) is 1. The molecule has 15 heavy (non-hydrogen) atoms. The minimum absolute atomic E-state index is 0.209. The Kier molecular flexibility index (Phi) is 2.14. The van der Waals surface area contributed by atoms with E-state index in [1.807, 2.05) is 0 Å². The molecule has 1 aromatic carbocycles. The largest absolute Gasteiger partial charge is 0.347 e. The van der Waals surface area contributed by atoms with Gasteiger partial charge in [-0.05, 0) is 18.6 Å². The average Bonchev–Trinajstić information content (AvgIpc) is 2.44. The first-order valence-electron chi connectivity index (χ1n) is 5.47. The van der Waals surface area contributed by atoms with Crippen molar-refractivity contribution < 1.29 is 0 Å². The van der Waals surface area contributed by atoms with Crippen LogP contribution in [-0.2, 0) is 12.5 Å². The van der Waals surface area contributed by atoms with Crippen LogP contribution in [0.2, 0.25) is 0 Å². The number of aryl methyl sites for hydroxylation is 2. The Labute approximate surface area is 91.7 Å². The lowest BCUT2D eigenvalue weighted by Gasteiger charge is -2.19. The summed E-state index contributed by atoms with van der Waals surface area (Å²) in [7, 11) is 2.16. The van der Waals surface area contributed by atoms with E-state index < -0.39 is 0 Å². The lowest BCUT2D eigenvalue weighted by molar-refractivity contribution is 0.547. The number of fused-ring (bicyclic) bond motifs is 1. The number of rotatable bonds is 0. The molecule has 80 valence electrons. The van der Waals surface area contributed by atoms with Gasteiger partial charge in [0.1, 0.15) is 0 Å². The van der Waals surface area contributed by atoms with Crippen LogP contribution in [0.5, 0.6) is 0 Å². The highest BCUT2D eigenvalue weighted by atomic mass is 15.0. The summed E-state index contributed by atoms with van der Waals surface area (Å²) in [4.78, 5) is 0. The minimum Gasteiger partial charge on any atom is -0.347 e. The Morgan fingerprint density at radius 1 is 1.13 bits per heavy atom. The molecular formula is C14H19N. The summed E-state index contributed by atoms with van der Waals surface area (Å²) in [5, 5.41) is 1.35. The highest BCUT2D eigenvalue weighted by Crippen LogP contribution is 2.29. The van der Waals surface area contributed by atoms with Gasteiger partial charge in [-0.1, -0.05) is 39.0 Å². The van der Waals surface area contributed by atoms with E-state index in [-0.39, 0.29) is 5.41 Å². The predicted molar refractivity (Wildman–Crippen MR) is 66.4 cm³/mol. The number of hydrogen-bond donors (Lipinski definition) is 0. The molecule has 0 fully saturated rings. The van der Waals surface area contributed by atoms with Gasteiger partial charge in [-0.15, -0.1) is 0 Å². The average molecular weight is 201 g/mol. The van der Waals surface area contributed by atoms with Crippen molar-refractivity contribution >= 4 is 10.9 Å². The second-order valence-corrected chi connectivity index (χ2v) is 5.35. The molecule has 0 spiro atoms. The third-order valence-corrected chi connectivity index (χ3v) is 3.03. The summed E-state index contributed by atoms with van der Waals surface area (Å²) in [5.74, 6) is 0. The maximum absolute atomic E-state index is 2.32. The molecule has 0 atom stereocenters. The molecule has 0 radical (unpaired) electrons. The highest BCUT2D eigenvalue weighted by Gasteiger charge is 2.19. The topological polar surface area (TPSA) is 4.93 Å². The second-order valence-electron chi connectivity index (χ2n) is 5.35. The van der Waals surface area contributed by atoms with Crippen molar-refractivity contribution in [3.8, 4) is 0 Å². The fourth-order valence-corrected chi connectivity index (χ4v) is 2.34. The van der Waals surface area contributed by atoms with Gasteiger partial charge >= 0.3 is 0 Å². The van der Waals surface area contributed by atoms with E-state index in [0.717, 1.165) is 0 Å². The first kappa shape index (κ1) is 10.3. The summed E-state index contributed by atoms with van der Waals surface area (Å²) in [6, 6.07) is 8.80. The van der Waals surface area contributed by atoms with E-state index >= 15 is 0 Å². The Hall–Kier alpha value is -1.24. The van der Waals surface area contributed by atoms with E-state index in [4.69, 9.17) is 0 Å². The maximum Gasteiger partial charge on any atom is 0.0509 e. The van der Waals surface area contributed by atoms with Crippen molar-refractivity contribution in [3.05, 3.63) is 35.5 Å². The standard InChI is InChI=1S/C14H19N/c1-10-7-6-8-11-9-12(14(2,3)4)15(5)13(10)11/h6-9H,1-5H3. The number of para-hydroxylation sites is 1. The van der Waals surface area contributed by atoms with Gasteiger partial charge in [0.15, 0.2) is 0 Å². The third kappa shape index (κ3) is 1.56. The van der Waals surface area contributed by atoms with Gasteiger partial charge in [-0.25, -0.2) is 0 Å². The Balaban J connectivity index is 2.82. The fraction of sp³-hybridized carbons (Fsp3) is 0.429. The normalized spacial score (nSPS) is 12.3. The molecule has 0 N–H and O–H groups in total. The molecule has 0 saturated heterocycles. The molecular weight excluding hydrogens is 182 g/mol. The lowest BCUT2D eigenvalue weighted by Crippen LogP contribution is -2.15. The molecule has 0 aliphatic rings. The van der Waals surface area contributed by atoms with Gasteiger partial charge in [-0.2, -0.15) is 0 Å². The third-order valence-electron chi connectivity index (χ3n) is 3.03. The van der Waals surface area contributed by atoms with E-state index in [1.54, 1.807) is 0 Å². The molecule has 0 bridgehead atoms. The molecule has 0 aliphatic heterocycles. The van der Waals surface area contributed by atoms with Gasteiger partial charge in [0.25, 0.3) is 0 Å². The predicted octanol–water partition coefficient (Wildman–Crippen LogP) is 3.78. The maximum atomic E-state index is 2.32. The van der Waals surface area contributed by atoms with Gasteiger partial charge in [0, 0.05) is 23.5 Å². The Morgan fingerprint density at radius 3 is 2.33 bits per heavy atom. The van der Waals surface area contributed by atoms with Crippen LogP contribution in [0.15, 0.2) is 24.3 Å². The molecule has 2 rings (SSSR count). The molecule has 1 heterocycles. The molecule has 0 saturated carbocycles. The van der Waals surface area contributed by atoms with Gasteiger partial charge < -0.3 is 4.57 Å². The van der Waals surface area contributed by atoms with Crippen LogP contribution < -0.4 is 0 Å². The summed E-state index contributed by atoms with van der Waals surface area (Å²) in [6.45, 7) is 8.96. The van der Waals surface area contributed by atoms with E-state index in [9.17, 15) is 0 Å². The summed E-state index contributed by atoms with van der Waals surface area (Å²) in [5.41, 5.74) is 4.32. The van der Waals surface area contributed by atoms with Crippen LogP contribution in [0.1, 0.15) is 32.0 Å². The quantitative estimate of drug-likeness (QED) is 0.611. The molecule has 0 unspecified atom stereocenters. The van der Waals surface area contributed by atoms with E-state index in [0.29, 0.717) is 0 Å². The van der Waals surface area contributed by atoms with Crippen LogP contribution in [-0.4, -0.2) is 4.57 Å². The number of benzene rings is 1. The van der Waals surface area contributed by atoms with Gasteiger partial charge in [0.2, 0.25) is 0 Å². The summed E-state index contributed by atoms with van der Waals surface area (Å²) >= 11 is 0. The lowest BCUT2D eigenvalue weighted by atomic mass is 9.92. The fourth-order valence-electron chi connectivity index (χ4n) is 2.34. The Morgan fingerprint density at radius 2 is 1.80 bits per heavy atom. The number of aromatic nitrogens is 1. The monoisotopic (exact) mass is 201 g/mol. The highest BCUT2D eigenvalue weighted by molar-refractivity contribution is 5.84. The minimum atomic E-state index is 0.209. The van der Waals surface area contributed by atoms with Gasteiger partial charge in [-0.3, -0.25) is 0 Å². The van der Waals surface area contributed by atoms with Crippen LogP contribution in [0, 0.1) is 6.92 Å². The van der Waals surface area contributed by atoms with Crippen LogP contribution in [0.3, 0.4) is 0 Å². The summed E-state index contributed by atoms with van der Waals surface area (Å²) < 4.78 is 2.32. The first-order chi connectivity index (χ1) is 6.91. The zero-order chi connectivity index (χ0) is 11.2. The number of hydrogen-bond acceptors (Lipinski definition) is 0. The van der Waals surface area contributed by atoms with Gasteiger partial charge in [0.05, 0.1) is 5.52 Å². The summed E-state index contributed by atoms with van der Waals surface area (Å²) in [6.07, 6.45) is 0. The second kappa shape index (κ2) is 3.13. The molecule has 2 aromatic rings. The Bertz CT molecular complexity index is 498. The molecule has 0 aliphatic carbocycles. The molecule has 1 aromatic heterocycles. The molecule has 1 heteroatoms. The first-order valence-corrected chi connectivity index (χ1v) is 5.47. The molecule has 0 amide bonds. The SMILES string of the molecule is Cc1cccc2cc(C(C)(C)C)n(C)c12. The smallest absolute Gasteiger partial charge is 0.0509 e. The van der Waals surface area contributed by atoms with Crippen LogP contribution in [0.4, 0.5) is 0 Å². The van der Waals surface area contributed by atoms with Crippen molar-refractivity contribution in [2.24, 2.45) is 7.05 Å². The van der Waals surface area contributed by atoms with Crippen molar-refractivity contribution in [1.29, 1.82) is 0 Å². The van der Waals surface area contributed by atoms with E-state index in [2.05, 4.69) is 63.6 Å². The van der Waals surface area contributed by atoms with Crippen molar-refractivity contribution in [1.82, 2.24) is 4.57 Å². The van der Waals surface area contributed by atoms with Crippen molar-refractivity contribution in [3.63, 3.8) is 0 Å². The van der Waals surface area contributed by atoms with Crippen molar-refractivity contribution in [2.45, 2.75) is 33.1 Å². The van der Waals surface area contributed by atoms with Crippen LogP contribution in [0.25, 0.3) is 10.9 Å².